The molecule has 0 aliphatic rings. The minimum absolute atomic E-state index is 0.0652. The zero-order chi connectivity index (χ0) is 14.1. The number of aliphatic hydroxyl groups is 1. The summed E-state index contributed by atoms with van der Waals surface area (Å²) in [5.41, 5.74) is 10.9. The molecule has 0 bridgehead atoms. The number of aryl methyl sites for hydroxylation is 1. The van der Waals surface area contributed by atoms with E-state index in [-0.39, 0.29) is 12.6 Å². The number of nitrogens with zero attached hydrogens (tertiary/aromatic N) is 1. The van der Waals surface area contributed by atoms with E-state index in [4.69, 9.17) is 10.8 Å². The lowest BCUT2D eigenvalue weighted by molar-refractivity contribution is 0.268. The van der Waals surface area contributed by atoms with E-state index >= 15 is 0 Å². The maximum Gasteiger partial charge on any atom is 0.138 e. The Bertz CT molecular complexity index is 748. The van der Waals surface area contributed by atoms with Gasteiger partial charge in [-0.3, -0.25) is 0 Å². The van der Waals surface area contributed by atoms with Gasteiger partial charge in [-0.1, -0.05) is 30.3 Å². The molecule has 0 saturated heterocycles. The molecule has 1 aromatic heterocycles. The van der Waals surface area contributed by atoms with Crippen LogP contribution in [0.25, 0.3) is 22.4 Å². The van der Waals surface area contributed by atoms with Gasteiger partial charge in [0.15, 0.2) is 0 Å². The van der Waals surface area contributed by atoms with Crippen molar-refractivity contribution in [2.24, 2.45) is 5.73 Å². The second-order valence-corrected chi connectivity index (χ2v) is 4.97. The summed E-state index contributed by atoms with van der Waals surface area (Å²) in [5, 5.41) is 9.13. The number of H-pyrrole nitrogens is 1. The number of nitrogens with one attached hydrogen (secondary N) is 1. The van der Waals surface area contributed by atoms with Gasteiger partial charge in [0.1, 0.15) is 5.82 Å². The number of hydrogen-bond donors (Lipinski definition) is 3. The molecule has 3 aromatic rings. The smallest absolute Gasteiger partial charge is 0.138 e. The molecule has 0 aliphatic heterocycles. The number of benzene rings is 2. The summed E-state index contributed by atoms with van der Waals surface area (Å²) >= 11 is 0. The van der Waals surface area contributed by atoms with Crippen LogP contribution in [-0.2, 0) is 0 Å². The third-order valence-electron chi connectivity index (χ3n) is 3.53. The summed E-state index contributed by atoms with van der Waals surface area (Å²) in [5.74, 6) is 0.854. The van der Waals surface area contributed by atoms with E-state index in [0.717, 1.165) is 28.0 Å². The molecular formula is C16H17N3O. The SMILES string of the molecule is Cc1ccccc1-c1nc2ccc(C(N)CO)cc2[nH]1. The molecule has 20 heavy (non-hydrogen) atoms. The largest absolute Gasteiger partial charge is 0.394 e. The van der Waals surface area contributed by atoms with Gasteiger partial charge < -0.3 is 15.8 Å². The van der Waals surface area contributed by atoms with Crippen molar-refractivity contribution in [1.29, 1.82) is 0 Å². The van der Waals surface area contributed by atoms with Crippen LogP contribution in [0.1, 0.15) is 17.2 Å². The van der Waals surface area contributed by atoms with Crippen molar-refractivity contribution in [3.63, 3.8) is 0 Å². The van der Waals surface area contributed by atoms with Crippen molar-refractivity contribution in [2.75, 3.05) is 6.61 Å². The topological polar surface area (TPSA) is 74.9 Å². The highest BCUT2D eigenvalue weighted by molar-refractivity contribution is 5.80. The molecule has 4 nitrogen and oxygen atoms in total. The third-order valence-corrected chi connectivity index (χ3v) is 3.53. The Morgan fingerprint density at radius 2 is 2.05 bits per heavy atom. The number of aromatic amines is 1. The van der Waals surface area contributed by atoms with E-state index < -0.39 is 0 Å². The van der Waals surface area contributed by atoms with E-state index in [1.165, 1.54) is 5.56 Å². The first kappa shape index (κ1) is 12.8. The molecule has 102 valence electrons. The fourth-order valence-electron chi connectivity index (χ4n) is 2.33. The monoisotopic (exact) mass is 267 g/mol. The molecule has 1 atom stereocenters. The van der Waals surface area contributed by atoms with Crippen molar-refractivity contribution >= 4 is 11.0 Å². The van der Waals surface area contributed by atoms with Crippen LogP contribution in [0, 0.1) is 6.92 Å². The molecule has 1 unspecified atom stereocenters. The summed E-state index contributed by atoms with van der Waals surface area (Å²) in [6, 6.07) is 13.6. The number of hydrogen-bond acceptors (Lipinski definition) is 3. The lowest BCUT2D eigenvalue weighted by Crippen LogP contribution is -2.14. The van der Waals surface area contributed by atoms with Gasteiger partial charge in [-0.15, -0.1) is 0 Å². The van der Waals surface area contributed by atoms with Crippen molar-refractivity contribution in [2.45, 2.75) is 13.0 Å². The Hall–Kier alpha value is -2.17. The first-order chi connectivity index (χ1) is 9.69. The molecule has 4 N–H and O–H groups in total. The predicted molar refractivity (Wildman–Crippen MR) is 80.3 cm³/mol. The number of rotatable bonds is 3. The number of aromatic nitrogens is 2. The van der Waals surface area contributed by atoms with Gasteiger partial charge in [-0.2, -0.15) is 0 Å². The number of aliphatic hydroxyl groups excluding tert-OH is 1. The normalized spacial score (nSPS) is 12.8. The summed E-state index contributed by atoms with van der Waals surface area (Å²) in [6.45, 7) is 2.00. The number of fused-ring (bicyclic) bond motifs is 1. The fourth-order valence-corrected chi connectivity index (χ4v) is 2.33. The zero-order valence-corrected chi connectivity index (χ0v) is 11.3. The van der Waals surface area contributed by atoms with Gasteiger partial charge in [0, 0.05) is 5.56 Å². The van der Waals surface area contributed by atoms with E-state index in [0.29, 0.717) is 0 Å². The predicted octanol–water partition coefficient (Wildman–Crippen LogP) is 2.53. The molecule has 0 aliphatic carbocycles. The van der Waals surface area contributed by atoms with Crippen LogP contribution in [0.4, 0.5) is 0 Å². The van der Waals surface area contributed by atoms with Crippen molar-refractivity contribution in [1.82, 2.24) is 9.97 Å². The Balaban J connectivity index is 2.09. The van der Waals surface area contributed by atoms with Gasteiger partial charge in [0.2, 0.25) is 0 Å². The maximum atomic E-state index is 9.13. The minimum Gasteiger partial charge on any atom is -0.394 e. The van der Waals surface area contributed by atoms with Crippen molar-refractivity contribution in [3.05, 3.63) is 53.6 Å². The summed E-state index contributed by atoms with van der Waals surface area (Å²) in [4.78, 5) is 7.93. The number of nitrogens with two attached hydrogens (primary N) is 1. The first-order valence-corrected chi connectivity index (χ1v) is 6.61. The first-order valence-electron chi connectivity index (χ1n) is 6.61. The average molecular weight is 267 g/mol. The second kappa shape index (κ2) is 5.07. The average Bonchev–Trinajstić information content (AvgIpc) is 2.89. The zero-order valence-electron chi connectivity index (χ0n) is 11.3. The molecule has 0 radical (unpaired) electrons. The Morgan fingerprint density at radius 3 is 2.80 bits per heavy atom. The Morgan fingerprint density at radius 1 is 1.25 bits per heavy atom. The lowest BCUT2D eigenvalue weighted by Gasteiger charge is -2.07. The molecule has 2 aromatic carbocycles. The van der Waals surface area contributed by atoms with E-state index in [9.17, 15) is 0 Å². The standard InChI is InChI=1S/C16H17N3O/c1-10-4-2-3-5-12(10)16-18-14-7-6-11(13(17)9-20)8-15(14)19-16/h2-8,13,20H,9,17H2,1H3,(H,18,19). The van der Waals surface area contributed by atoms with Crippen LogP contribution < -0.4 is 5.73 Å². The van der Waals surface area contributed by atoms with Crippen LogP contribution in [0.2, 0.25) is 0 Å². The highest BCUT2D eigenvalue weighted by atomic mass is 16.3. The summed E-state index contributed by atoms with van der Waals surface area (Å²) in [6.07, 6.45) is 0. The van der Waals surface area contributed by atoms with E-state index in [1.807, 2.05) is 36.4 Å². The van der Waals surface area contributed by atoms with Gasteiger partial charge >= 0.3 is 0 Å². The third kappa shape index (κ3) is 2.19. The van der Waals surface area contributed by atoms with Crippen LogP contribution in [-0.4, -0.2) is 21.7 Å². The highest BCUT2D eigenvalue weighted by Crippen LogP contribution is 2.24. The van der Waals surface area contributed by atoms with Gasteiger partial charge in [-0.05, 0) is 30.2 Å². The van der Waals surface area contributed by atoms with Crippen LogP contribution in [0.3, 0.4) is 0 Å². The Kier molecular flexibility index (Phi) is 3.26. The minimum atomic E-state index is -0.357. The maximum absolute atomic E-state index is 9.13. The van der Waals surface area contributed by atoms with Gasteiger partial charge in [0.25, 0.3) is 0 Å². The number of imidazole rings is 1. The molecule has 0 amide bonds. The van der Waals surface area contributed by atoms with Crippen molar-refractivity contribution in [3.8, 4) is 11.4 Å². The molecule has 1 heterocycles. The molecular weight excluding hydrogens is 250 g/mol. The summed E-state index contributed by atoms with van der Waals surface area (Å²) < 4.78 is 0. The van der Waals surface area contributed by atoms with Crippen molar-refractivity contribution < 1.29 is 5.11 Å². The molecule has 0 fully saturated rings. The lowest BCUT2D eigenvalue weighted by atomic mass is 10.1. The van der Waals surface area contributed by atoms with Crippen LogP contribution >= 0.6 is 0 Å². The molecule has 0 saturated carbocycles. The van der Waals surface area contributed by atoms with E-state index in [2.05, 4.69) is 23.0 Å². The molecule has 0 spiro atoms. The fraction of sp³-hybridized carbons (Fsp3) is 0.188. The summed E-state index contributed by atoms with van der Waals surface area (Å²) in [7, 11) is 0. The second-order valence-electron chi connectivity index (χ2n) is 4.97. The molecule has 4 heteroatoms. The molecule has 3 rings (SSSR count). The highest BCUT2D eigenvalue weighted by Gasteiger charge is 2.10. The van der Waals surface area contributed by atoms with E-state index in [1.54, 1.807) is 0 Å². The van der Waals surface area contributed by atoms with Crippen LogP contribution in [0.5, 0.6) is 0 Å². The quantitative estimate of drug-likeness (QED) is 0.682. The van der Waals surface area contributed by atoms with Gasteiger partial charge in [-0.25, -0.2) is 4.98 Å². The van der Waals surface area contributed by atoms with Crippen LogP contribution in [0.15, 0.2) is 42.5 Å². The Labute approximate surface area is 117 Å². The van der Waals surface area contributed by atoms with Gasteiger partial charge in [0.05, 0.1) is 23.7 Å².